The van der Waals surface area contributed by atoms with Crippen molar-refractivity contribution in [3.63, 3.8) is 0 Å². The minimum atomic E-state index is 0.161. The first-order valence-corrected chi connectivity index (χ1v) is 7.06. The summed E-state index contributed by atoms with van der Waals surface area (Å²) in [5.41, 5.74) is 9.40. The summed E-state index contributed by atoms with van der Waals surface area (Å²) in [7, 11) is 2.07. The van der Waals surface area contributed by atoms with Crippen LogP contribution in [0.1, 0.15) is 22.9 Å². The van der Waals surface area contributed by atoms with Gasteiger partial charge in [-0.25, -0.2) is 0 Å². The fraction of sp³-hybridized carbons (Fsp3) is 0.312. The molecule has 1 aromatic carbocycles. The molecule has 0 bridgehead atoms. The molecule has 2 N–H and O–H groups in total. The van der Waals surface area contributed by atoms with Crippen molar-refractivity contribution in [1.82, 2.24) is 9.88 Å². The van der Waals surface area contributed by atoms with E-state index in [9.17, 15) is 0 Å². The number of benzene rings is 1. The van der Waals surface area contributed by atoms with Crippen LogP contribution in [-0.4, -0.2) is 23.5 Å². The fourth-order valence-electron chi connectivity index (χ4n) is 2.41. The lowest BCUT2D eigenvalue weighted by molar-refractivity contribution is 0.238. The second kappa shape index (κ2) is 6.84. The maximum Gasteiger partial charge on any atom is 0.0544 e. The summed E-state index contributed by atoms with van der Waals surface area (Å²) in [6, 6.07) is 12.1. The van der Waals surface area contributed by atoms with Gasteiger partial charge in [-0.15, -0.1) is 0 Å². The zero-order valence-electron chi connectivity index (χ0n) is 11.9. The van der Waals surface area contributed by atoms with Crippen LogP contribution in [0.2, 0.25) is 5.02 Å². The van der Waals surface area contributed by atoms with E-state index < -0.39 is 0 Å². The third-order valence-corrected chi connectivity index (χ3v) is 3.72. The molecule has 20 heavy (non-hydrogen) atoms. The summed E-state index contributed by atoms with van der Waals surface area (Å²) in [4.78, 5) is 6.58. The Bertz CT molecular complexity index is 557. The second-order valence-corrected chi connectivity index (χ2v) is 5.43. The predicted molar refractivity (Wildman–Crippen MR) is 83.7 cm³/mol. The van der Waals surface area contributed by atoms with Crippen LogP contribution < -0.4 is 5.73 Å². The van der Waals surface area contributed by atoms with Crippen molar-refractivity contribution in [1.29, 1.82) is 0 Å². The average molecular weight is 290 g/mol. The standard InChI is InChI=1S/C16H20ClN3/c1-12-9-13(17)6-7-15(12)16(10-18)20(2)11-14-5-3-4-8-19-14/h3-9,16H,10-11,18H2,1-2H3. The first-order chi connectivity index (χ1) is 9.61. The van der Waals surface area contributed by atoms with Crippen LogP contribution in [0.15, 0.2) is 42.6 Å². The molecular formula is C16H20ClN3. The lowest BCUT2D eigenvalue weighted by Crippen LogP contribution is -2.31. The van der Waals surface area contributed by atoms with E-state index in [0.717, 1.165) is 17.3 Å². The molecule has 2 rings (SSSR count). The molecule has 1 unspecified atom stereocenters. The van der Waals surface area contributed by atoms with Crippen LogP contribution in [0.4, 0.5) is 0 Å². The highest BCUT2D eigenvalue weighted by atomic mass is 35.5. The van der Waals surface area contributed by atoms with Crippen molar-refractivity contribution in [3.8, 4) is 0 Å². The molecule has 1 atom stereocenters. The molecule has 0 saturated carbocycles. The number of aromatic nitrogens is 1. The number of nitrogens with zero attached hydrogens (tertiary/aromatic N) is 2. The molecule has 1 aromatic heterocycles. The second-order valence-electron chi connectivity index (χ2n) is 4.99. The predicted octanol–water partition coefficient (Wildman–Crippen LogP) is 3.18. The van der Waals surface area contributed by atoms with E-state index in [1.807, 2.05) is 36.5 Å². The van der Waals surface area contributed by atoms with Crippen LogP contribution in [-0.2, 0) is 6.54 Å². The van der Waals surface area contributed by atoms with Gasteiger partial charge in [0.1, 0.15) is 0 Å². The molecule has 0 radical (unpaired) electrons. The first kappa shape index (κ1) is 15.0. The van der Waals surface area contributed by atoms with Crippen molar-refractivity contribution in [2.24, 2.45) is 5.73 Å². The van der Waals surface area contributed by atoms with Gasteiger partial charge in [-0.05, 0) is 49.4 Å². The first-order valence-electron chi connectivity index (χ1n) is 6.68. The van der Waals surface area contributed by atoms with Crippen molar-refractivity contribution in [2.45, 2.75) is 19.5 Å². The van der Waals surface area contributed by atoms with Gasteiger partial charge in [-0.2, -0.15) is 0 Å². The van der Waals surface area contributed by atoms with Gasteiger partial charge in [0, 0.05) is 30.4 Å². The third-order valence-electron chi connectivity index (χ3n) is 3.48. The SMILES string of the molecule is Cc1cc(Cl)ccc1C(CN)N(C)Cc1ccccn1. The van der Waals surface area contributed by atoms with Crippen molar-refractivity contribution >= 4 is 11.6 Å². The number of aryl methyl sites for hydroxylation is 1. The molecule has 0 aliphatic carbocycles. The Morgan fingerprint density at radius 1 is 1.30 bits per heavy atom. The number of hydrogen-bond donors (Lipinski definition) is 1. The Labute approximate surface area is 125 Å². The summed E-state index contributed by atoms with van der Waals surface area (Å²) in [5, 5.41) is 0.759. The topological polar surface area (TPSA) is 42.1 Å². The van der Waals surface area contributed by atoms with Gasteiger partial charge in [0.05, 0.1) is 5.69 Å². The third kappa shape index (κ3) is 3.57. The lowest BCUT2D eigenvalue weighted by Gasteiger charge is -2.28. The van der Waals surface area contributed by atoms with Gasteiger partial charge in [0.15, 0.2) is 0 Å². The summed E-state index contributed by atoms with van der Waals surface area (Å²) >= 11 is 6.02. The van der Waals surface area contributed by atoms with Crippen LogP contribution in [0.25, 0.3) is 0 Å². The Kier molecular flexibility index (Phi) is 5.12. The zero-order chi connectivity index (χ0) is 14.5. The number of likely N-dealkylation sites (N-methyl/N-ethyl adjacent to an activating group) is 1. The molecule has 0 fully saturated rings. The lowest BCUT2D eigenvalue weighted by atomic mass is 10.00. The van der Waals surface area contributed by atoms with E-state index in [4.69, 9.17) is 17.3 Å². The van der Waals surface area contributed by atoms with E-state index in [2.05, 4.69) is 29.9 Å². The molecule has 0 amide bonds. The highest BCUT2D eigenvalue weighted by Crippen LogP contribution is 2.25. The van der Waals surface area contributed by atoms with Gasteiger partial charge in [0.2, 0.25) is 0 Å². The molecule has 4 heteroatoms. The molecule has 106 valence electrons. The number of rotatable bonds is 5. The quantitative estimate of drug-likeness (QED) is 0.919. The van der Waals surface area contributed by atoms with E-state index >= 15 is 0 Å². The minimum Gasteiger partial charge on any atom is -0.329 e. The van der Waals surface area contributed by atoms with Gasteiger partial charge in [0.25, 0.3) is 0 Å². The highest BCUT2D eigenvalue weighted by Gasteiger charge is 2.18. The van der Waals surface area contributed by atoms with Crippen LogP contribution >= 0.6 is 11.6 Å². The van der Waals surface area contributed by atoms with Crippen molar-refractivity contribution in [3.05, 3.63) is 64.4 Å². The zero-order valence-corrected chi connectivity index (χ0v) is 12.6. The van der Waals surface area contributed by atoms with Crippen LogP contribution in [0.3, 0.4) is 0 Å². The minimum absolute atomic E-state index is 0.161. The molecule has 0 spiro atoms. The normalized spacial score (nSPS) is 12.7. The monoisotopic (exact) mass is 289 g/mol. The average Bonchev–Trinajstić information content (AvgIpc) is 2.43. The van der Waals surface area contributed by atoms with Crippen LogP contribution in [0, 0.1) is 6.92 Å². The van der Waals surface area contributed by atoms with E-state index in [1.54, 1.807) is 0 Å². The number of halogens is 1. The molecule has 0 aliphatic heterocycles. The highest BCUT2D eigenvalue weighted by molar-refractivity contribution is 6.30. The molecule has 3 nitrogen and oxygen atoms in total. The number of hydrogen-bond acceptors (Lipinski definition) is 3. The maximum atomic E-state index is 6.02. The summed E-state index contributed by atoms with van der Waals surface area (Å²) in [6.45, 7) is 3.40. The number of nitrogens with two attached hydrogens (primary N) is 1. The van der Waals surface area contributed by atoms with E-state index in [1.165, 1.54) is 11.1 Å². The Hall–Kier alpha value is -1.42. The van der Waals surface area contributed by atoms with Gasteiger partial charge >= 0.3 is 0 Å². The Morgan fingerprint density at radius 2 is 2.10 bits per heavy atom. The van der Waals surface area contributed by atoms with Gasteiger partial charge in [-0.3, -0.25) is 9.88 Å². The number of pyridine rings is 1. The molecular weight excluding hydrogens is 270 g/mol. The Balaban J connectivity index is 2.19. The molecule has 1 heterocycles. The molecule has 0 saturated heterocycles. The summed E-state index contributed by atoms with van der Waals surface area (Å²) < 4.78 is 0. The van der Waals surface area contributed by atoms with Crippen LogP contribution in [0.5, 0.6) is 0 Å². The van der Waals surface area contributed by atoms with Crippen molar-refractivity contribution in [2.75, 3.05) is 13.6 Å². The van der Waals surface area contributed by atoms with Gasteiger partial charge < -0.3 is 5.73 Å². The molecule has 0 aliphatic rings. The summed E-state index contributed by atoms with van der Waals surface area (Å²) in [6.07, 6.45) is 1.81. The summed E-state index contributed by atoms with van der Waals surface area (Å²) in [5.74, 6) is 0. The van der Waals surface area contributed by atoms with E-state index in [0.29, 0.717) is 6.54 Å². The Morgan fingerprint density at radius 3 is 2.70 bits per heavy atom. The van der Waals surface area contributed by atoms with Gasteiger partial charge in [-0.1, -0.05) is 23.7 Å². The molecule has 2 aromatic rings. The smallest absolute Gasteiger partial charge is 0.0544 e. The fourth-order valence-corrected chi connectivity index (χ4v) is 2.64. The van der Waals surface area contributed by atoms with Crippen molar-refractivity contribution < 1.29 is 0 Å². The van der Waals surface area contributed by atoms with E-state index in [-0.39, 0.29) is 6.04 Å². The maximum absolute atomic E-state index is 6.02. The largest absolute Gasteiger partial charge is 0.329 e.